The molecule has 2 rings (SSSR count). The molecule has 0 radical (unpaired) electrons. The van der Waals surface area contributed by atoms with Gasteiger partial charge < -0.3 is 5.32 Å². The monoisotopic (exact) mass is 271 g/mol. The number of likely N-dealkylation sites (tertiary alicyclic amines) is 1. The van der Waals surface area contributed by atoms with Crippen LogP contribution in [0.25, 0.3) is 0 Å². The summed E-state index contributed by atoms with van der Waals surface area (Å²) in [5.41, 5.74) is 1.64. The summed E-state index contributed by atoms with van der Waals surface area (Å²) in [7, 11) is 0. The van der Waals surface area contributed by atoms with Crippen molar-refractivity contribution >= 4 is 11.6 Å². The average molecular weight is 271 g/mol. The fraction of sp³-hybridized carbons (Fsp3) is 0.500. The summed E-state index contributed by atoms with van der Waals surface area (Å²) in [6.45, 7) is 6.89. The van der Waals surface area contributed by atoms with Crippen LogP contribution in [-0.4, -0.2) is 30.4 Å². The summed E-state index contributed by atoms with van der Waals surface area (Å²) >= 11 is 0. The molecule has 1 saturated heterocycles. The Morgan fingerprint density at radius 1 is 1.40 bits per heavy atom. The smallest absolute Gasteiger partial charge is 0.238 e. The zero-order valence-corrected chi connectivity index (χ0v) is 12.1. The first-order valence-electron chi connectivity index (χ1n) is 7.01. The van der Waals surface area contributed by atoms with Crippen molar-refractivity contribution in [3.05, 3.63) is 29.8 Å². The predicted molar refractivity (Wildman–Crippen MR) is 79.2 cm³/mol. The van der Waals surface area contributed by atoms with Crippen LogP contribution in [0.4, 0.5) is 5.69 Å². The highest BCUT2D eigenvalue weighted by Crippen LogP contribution is 2.28. The van der Waals surface area contributed by atoms with Crippen molar-refractivity contribution in [1.82, 2.24) is 4.90 Å². The van der Waals surface area contributed by atoms with Crippen molar-refractivity contribution in [3.8, 4) is 6.07 Å². The molecule has 20 heavy (non-hydrogen) atoms. The van der Waals surface area contributed by atoms with E-state index in [0.717, 1.165) is 25.2 Å². The van der Waals surface area contributed by atoms with Gasteiger partial charge in [-0.3, -0.25) is 9.69 Å². The molecule has 1 aromatic carbocycles. The Morgan fingerprint density at radius 3 is 2.70 bits per heavy atom. The van der Waals surface area contributed by atoms with Crippen LogP contribution < -0.4 is 5.32 Å². The molecule has 0 spiro atoms. The molecule has 0 bridgehead atoms. The third-order valence-corrected chi connectivity index (χ3v) is 3.64. The highest BCUT2D eigenvalue weighted by atomic mass is 16.2. The van der Waals surface area contributed by atoms with Gasteiger partial charge in [-0.05, 0) is 49.1 Å². The van der Waals surface area contributed by atoms with Crippen LogP contribution in [0.5, 0.6) is 0 Å². The molecule has 1 aliphatic rings. The van der Waals surface area contributed by atoms with Crippen LogP contribution >= 0.6 is 0 Å². The van der Waals surface area contributed by atoms with Crippen LogP contribution in [0.3, 0.4) is 0 Å². The number of benzene rings is 1. The molecular formula is C16H21N3O. The number of nitriles is 1. The number of anilines is 1. The Balaban J connectivity index is 1.87. The summed E-state index contributed by atoms with van der Waals surface area (Å²) in [5, 5.41) is 11.6. The number of piperidine rings is 1. The quantitative estimate of drug-likeness (QED) is 0.919. The third kappa shape index (κ3) is 4.07. The lowest BCUT2D eigenvalue weighted by molar-refractivity contribution is -0.118. The van der Waals surface area contributed by atoms with Crippen LogP contribution in [0.15, 0.2) is 24.3 Å². The Labute approximate surface area is 120 Å². The van der Waals surface area contributed by atoms with Gasteiger partial charge in [-0.1, -0.05) is 13.8 Å². The van der Waals surface area contributed by atoms with E-state index in [1.54, 1.807) is 24.3 Å². The standard InChI is InChI=1S/C16H21N3O/c1-16(2)8-3-9-19(12-16)11-15(20)18-14-6-4-13(10-17)5-7-14/h4-7H,3,8-9,11-12H2,1-2H3,(H,18,20). The number of nitrogens with one attached hydrogen (secondary N) is 1. The summed E-state index contributed by atoms with van der Waals surface area (Å²) in [5.74, 6) is 0.00686. The van der Waals surface area contributed by atoms with Gasteiger partial charge in [0.1, 0.15) is 0 Å². The lowest BCUT2D eigenvalue weighted by Crippen LogP contribution is -2.43. The van der Waals surface area contributed by atoms with Crippen molar-refractivity contribution in [2.45, 2.75) is 26.7 Å². The third-order valence-electron chi connectivity index (χ3n) is 3.64. The first-order valence-corrected chi connectivity index (χ1v) is 7.01. The van der Waals surface area contributed by atoms with Crippen LogP contribution in [0.1, 0.15) is 32.3 Å². The van der Waals surface area contributed by atoms with E-state index in [2.05, 4.69) is 30.1 Å². The molecule has 1 fully saturated rings. The molecule has 1 aromatic rings. The maximum atomic E-state index is 12.0. The Hall–Kier alpha value is -1.86. The number of nitrogens with zero attached hydrogens (tertiary/aromatic N) is 2. The maximum Gasteiger partial charge on any atom is 0.238 e. The molecule has 0 aromatic heterocycles. The lowest BCUT2D eigenvalue weighted by Gasteiger charge is -2.37. The van der Waals surface area contributed by atoms with Gasteiger partial charge in [0.05, 0.1) is 18.2 Å². The van der Waals surface area contributed by atoms with Crippen molar-refractivity contribution in [2.24, 2.45) is 5.41 Å². The number of rotatable bonds is 3. The van der Waals surface area contributed by atoms with Crippen LogP contribution in [0.2, 0.25) is 0 Å². The molecule has 4 nitrogen and oxygen atoms in total. The van der Waals surface area contributed by atoms with Gasteiger partial charge in [0.15, 0.2) is 0 Å². The lowest BCUT2D eigenvalue weighted by atomic mass is 9.84. The summed E-state index contributed by atoms with van der Waals surface area (Å²) in [4.78, 5) is 14.2. The molecule has 0 unspecified atom stereocenters. The van der Waals surface area contributed by atoms with Gasteiger partial charge in [0, 0.05) is 12.2 Å². The molecule has 106 valence electrons. The second-order valence-corrected chi connectivity index (χ2v) is 6.22. The molecule has 0 aliphatic carbocycles. The molecule has 0 saturated carbocycles. The van der Waals surface area contributed by atoms with Gasteiger partial charge in [-0.2, -0.15) is 5.26 Å². The fourth-order valence-corrected chi connectivity index (χ4v) is 2.71. The number of amides is 1. The minimum Gasteiger partial charge on any atom is -0.325 e. The number of carbonyl (C=O) groups is 1. The number of hydrogen-bond acceptors (Lipinski definition) is 3. The predicted octanol–water partition coefficient (Wildman–Crippen LogP) is 2.62. The largest absolute Gasteiger partial charge is 0.325 e. The van der Waals surface area contributed by atoms with Crippen molar-refractivity contribution in [2.75, 3.05) is 25.0 Å². The Kier molecular flexibility index (Phi) is 4.41. The Bertz CT molecular complexity index is 514. The van der Waals surface area contributed by atoms with Crippen molar-refractivity contribution < 1.29 is 4.79 Å². The minimum atomic E-state index is 0.00686. The fourth-order valence-electron chi connectivity index (χ4n) is 2.71. The van der Waals surface area contributed by atoms with E-state index in [-0.39, 0.29) is 5.91 Å². The molecule has 1 aliphatic heterocycles. The SMILES string of the molecule is CC1(C)CCCN(CC(=O)Nc2ccc(C#N)cc2)C1. The Morgan fingerprint density at radius 2 is 2.10 bits per heavy atom. The minimum absolute atomic E-state index is 0.00686. The van der Waals surface area contributed by atoms with Gasteiger partial charge in [0.25, 0.3) is 0 Å². The van der Waals surface area contributed by atoms with Gasteiger partial charge in [0.2, 0.25) is 5.91 Å². The van der Waals surface area contributed by atoms with Crippen LogP contribution in [-0.2, 0) is 4.79 Å². The highest BCUT2D eigenvalue weighted by Gasteiger charge is 2.27. The van der Waals surface area contributed by atoms with Crippen molar-refractivity contribution in [3.63, 3.8) is 0 Å². The number of carbonyl (C=O) groups excluding carboxylic acids is 1. The van der Waals surface area contributed by atoms with E-state index in [9.17, 15) is 4.79 Å². The first kappa shape index (κ1) is 14.5. The van der Waals surface area contributed by atoms with E-state index in [1.165, 1.54) is 6.42 Å². The maximum absolute atomic E-state index is 12.0. The molecule has 4 heteroatoms. The van der Waals surface area contributed by atoms with E-state index in [4.69, 9.17) is 5.26 Å². The molecule has 1 heterocycles. The van der Waals surface area contributed by atoms with Gasteiger partial charge in [-0.25, -0.2) is 0 Å². The van der Waals surface area contributed by atoms with Crippen LogP contribution in [0, 0.1) is 16.7 Å². The summed E-state index contributed by atoms with van der Waals surface area (Å²) in [6, 6.07) is 9.00. The molecule has 1 N–H and O–H groups in total. The van der Waals surface area contributed by atoms with E-state index in [1.807, 2.05) is 0 Å². The topological polar surface area (TPSA) is 56.1 Å². The average Bonchev–Trinajstić information content (AvgIpc) is 2.38. The normalized spacial score (nSPS) is 18.2. The zero-order chi connectivity index (χ0) is 14.6. The van der Waals surface area contributed by atoms with E-state index >= 15 is 0 Å². The van der Waals surface area contributed by atoms with Gasteiger partial charge >= 0.3 is 0 Å². The van der Waals surface area contributed by atoms with Gasteiger partial charge in [-0.15, -0.1) is 0 Å². The number of hydrogen-bond donors (Lipinski definition) is 1. The van der Waals surface area contributed by atoms with E-state index in [0.29, 0.717) is 17.5 Å². The summed E-state index contributed by atoms with van der Waals surface area (Å²) < 4.78 is 0. The second kappa shape index (κ2) is 6.06. The molecule has 0 atom stereocenters. The van der Waals surface area contributed by atoms with Crippen molar-refractivity contribution in [1.29, 1.82) is 5.26 Å². The van der Waals surface area contributed by atoms with E-state index < -0.39 is 0 Å². The summed E-state index contributed by atoms with van der Waals surface area (Å²) in [6.07, 6.45) is 2.37. The molecule has 1 amide bonds. The zero-order valence-electron chi connectivity index (χ0n) is 12.1. The highest BCUT2D eigenvalue weighted by molar-refractivity contribution is 5.92. The second-order valence-electron chi connectivity index (χ2n) is 6.22. The molecular weight excluding hydrogens is 250 g/mol. The first-order chi connectivity index (χ1) is 9.48.